The Bertz CT molecular complexity index is 1030. The number of hydrogen-bond acceptors (Lipinski definition) is 8. The van der Waals surface area contributed by atoms with E-state index < -0.39 is 24.3 Å². The van der Waals surface area contributed by atoms with E-state index in [1.165, 1.54) is 28.2 Å². The summed E-state index contributed by atoms with van der Waals surface area (Å²) in [7, 11) is 0. The average Bonchev–Trinajstić information content (AvgIpc) is 3.36. The van der Waals surface area contributed by atoms with Crippen LogP contribution in [0.5, 0.6) is 0 Å². The number of aryl methyl sites for hydroxylation is 2. The van der Waals surface area contributed by atoms with Crippen molar-refractivity contribution in [2.75, 3.05) is 6.61 Å². The average molecular weight is 412 g/mol. The second-order valence-electron chi connectivity index (χ2n) is 6.02. The number of aromatic nitrogens is 2. The lowest BCUT2D eigenvalue weighted by Gasteiger charge is -2.05. The highest BCUT2D eigenvalue weighted by molar-refractivity contribution is 7.13. The molecule has 6 nitrogen and oxygen atoms in total. The number of nitrogens with zero attached hydrogens (tertiary/aromatic N) is 3. The quantitative estimate of drug-likeness (QED) is 0.542. The lowest BCUT2D eigenvalue weighted by atomic mass is 10.1. The first kappa shape index (κ1) is 19.9. The van der Waals surface area contributed by atoms with Gasteiger partial charge in [0.2, 0.25) is 0 Å². The van der Waals surface area contributed by atoms with Crippen molar-refractivity contribution >= 4 is 34.4 Å². The Labute approximate surface area is 170 Å². The number of ketones is 1. The summed E-state index contributed by atoms with van der Waals surface area (Å²) in [5.74, 6) is -2.22. The zero-order chi connectivity index (χ0) is 20.1. The van der Waals surface area contributed by atoms with Gasteiger partial charge < -0.3 is 4.74 Å². The molecule has 0 saturated heterocycles. The Hall–Kier alpha value is -2.89. The molecule has 0 aliphatic rings. The predicted octanol–water partition coefficient (Wildman–Crippen LogP) is 4.17. The monoisotopic (exact) mass is 411 g/mol. The van der Waals surface area contributed by atoms with Crippen molar-refractivity contribution in [1.82, 2.24) is 9.97 Å². The standard InChI is InChI=1S/C20H17N3O3S2/c1-3-13-4-6-14(7-5-13)18-23-16(11-28-18)20(25)26-9-17(24)15(8-21)19-22-12(2)10-27-19/h4-7,10-11,15H,3,9H2,1-2H3/t15-/m0/s1. The molecule has 0 saturated carbocycles. The summed E-state index contributed by atoms with van der Waals surface area (Å²) < 4.78 is 5.07. The molecule has 2 heterocycles. The molecule has 8 heteroatoms. The minimum Gasteiger partial charge on any atom is -0.453 e. The van der Waals surface area contributed by atoms with Crippen LogP contribution in [-0.2, 0) is 16.0 Å². The van der Waals surface area contributed by atoms with Gasteiger partial charge in [0.1, 0.15) is 10.0 Å². The molecule has 0 spiro atoms. The second kappa shape index (κ2) is 8.87. The van der Waals surface area contributed by atoms with Gasteiger partial charge in [0.15, 0.2) is 24.0 Å². The minimum atomic E-state index is -1.03. The number of benzene rings is 1. The van der Waals surface area contributed by atoms with Crippen LogP contribution in [0.2, 0.25) is 0 Å². The molecule has 0 fully saturated rings. The maximum atomic E-state index is 12.3. The largest absolute Gasteiger partial charge is 0.453 e. The topological polar surface area (TPSA) is 92.9 Å². The smallest absolute Gasteiger partial charge is 0.358 e. The fourth-order valence-corrected chi connectivity index (χ4v) is 4.10. The maximum Gasteiger partial charge on any atom is 0.358 e. The molecule has 0 amide bonds. The molecule has 0 aliphatic carbocycles. The number of thiazole rings is 2. The van der Waals surface area contributed by atoms with Gasteiger partial charge in [0, 0.05) is 22.0 Å². The summed E-state index contributed by atoms with van der Waals surface area (Å²) in [5, 5.41) is 13.7. The van der Waals surface area contributed by atoms with Crippen molar-refractivity contribution in [3.8, 4) is 16.6 Å². The van der Waals surface area contributed by atoms with E-state index in [1.807, 2.05) is 30.3 Å². The summed E-state index contributed by atoms with van der Waals surface area (Å²) in [6.45, 7) is 3.38. The van der Waals surface area contributed by atoms with Crippen LogP contribution in [0, 0.1) is 18.3 Å². The van der Waals surface area contributed by atoms with Crippen molar-refractivity contribution in [3.63, 3.8) is 0 Å². The first-order valence-corrected chi connectivity index (χ1v) is 10.3. The van der Waals surface area contributed by atoms with Gasteiger partial charge in [-0.15, -0.1) is 22.7 Å². The van der Waals surface area contributed by atoms with Crippen LogP contribution in [0.1, 0.15) is 39.6 Å². The summed E-state index contributed by atoms with van der Waals surface area (Å²) in [5.41, 5.74) is 3.03. The summed E-state index contributed by atoms with van der Waals surface area (Å²) >= 11 is 2.57. The lowest BCUT2D eigenvalue weighted by molar-refractivity contribution is -0.122. The van der Waals surface area contributed by atoms with Crippen LogP contribution in [0.3, 0.4) is 0 Å². The Morgan fingerprint density at radius 1 is 1.18 bits per heavy atom. The Kier molecular flexibility index (Phi) is 6.29. The zero-order valence-electron chi connectivity index (χ0n) is 15.3. The second-order valence-corrected chi connectivity index (χ2v) is 7.77. The van der Waals surface area contributed by atoms with E-state index in [-0.39, 0.29) is 5.69 Å². The molecule has 0 aliphatic heterocycles. The molecule has 1 aromatic carbocycles. The van der Waals surface area contributed by atoms with E-state index in [0.717, 1.165) is 17.7 Å². The first-order chi connectivity index (χ1) is 13.5. The molecule has 1 atom stereocenters. The van der Waals surface area contributed by atoms with E-state index in [1.54, 1.807) is 17.7 Å². The number of ether oxygens (including phenoxy) is 1. The molecule has 0 bridgehead atoms. The molecule has 0 radical (unpaired) electrons. The van der Waals surface area contributed by atoms with Gasteiger partial charge >= 0.3 is 5.97 Å². The lowest BCUT2D eigenvalue weighted by Crippen LogP contribution is -2.20. The minimum absolute atomic E-state index is 0.144. The van der Waals surface area contributed by atoms with Crippen LogP contribution < -0.4 is 0 Å². The van der Waals surface area contributed by atoms with Crippen LogP contribution in [0.15, 0.2) is 35.0 Å². The number of carbonyl (C=O) groups excluding carboxylic acids is 2. The molecular formula is C20H17N3O3S2. The van der Waals surface area contributed by atoms with Crippen molar-refractivity contribution in [2.45, 2.75) is 26.2 Å². The Morgan fingerprint density at radius 3 is 2.54 bits per heavy atom. The molecule has 0 N–H and O–H groups in total. The molecule has 28 heavy (non-hydrogen) atoms. The van der Waals surface area contributed by atoms with Crippen molar-refractivity contribution in [3.05, 3.63) is 57.0 Å². The Balaban J connectivity index is 1.62. The van der Waals surface area contributed by atoms with Crippen LogP contribution in [0.25, 0.3) is 10.6 Å². The zero-order valence-corrected chi connectivity index (χ0v) is 17.0. The number of hydrogen-bond donors (Lipinski definition) is 0. The third-order valence-electron chi connectivity index (χ3n) is 4.00. The molecular weight excluding hydrogens is 394 g/mol. The van der Waals surface area contributed by atoms with Gasteiger partial charge in [0.25, 0.3) is 0 Å². The van der Waals surface area contributed by atoms with Crippen molar-refractivity contribution in [1.29, 1.82) is 5.26 Å². The molecule has 142 valence electrons. The van der Waals surface area contributed by atoms with Gasteiger partial charge in [0.05, 0.1) is 6.07 Å². The van der Waals surface area contributed by atoms with Crippen LogP contribution in [-0.4, -0.2) is 28.3 Å². The number of rotatable bonds is 7. The summed E-state index contributed by atoms with van der Waals surface area (Å²) in [4.78, 5) is 32.9. The van der Waals surface area contributed by atoms with Gasteiger partial charge in [-0.1, -0.05) is 31.2 Å². The molecule has 0 unspecified atom stereocenters. The molecule has 2 aromatic heterocycles. The van der Waals surface area contributed by atoms with E-state index in [2.05, 4.69) is 16.9 Å². The van der Waals surface area contributed by atoms with Gasteiger partial charge in [-0.3, -0.25) is 4.79 Å². The SMILES string of the molecule is CCc1ccc(-c2nc(C(=O)OCC(=O)[C@H](C#N)c3nc(C)cs3)cs2)cc1. The predicted molar refractivity (Wildman–Crippen MR) is 107 cm³/mol. The van der Waals surface area contributed by atoms with Gasteiger partial charge in [-0.2, -0.15) is 5.26 Å². The highest BCUT2D eigenvalue weighted by atomic mass is 32.1. The fraction of sp³-hybridized carbons (Fsp3) is 0.250. The van der Waals surface area contributed by atoms with Crippen LogP contribution in [0.4, 0.5) is 0 Å². The highest BCUT2D eigenvalue weighted by Crippen LogP contribution is 2.25. The van der Waals surface area contributed by atoms with Crippen molar-refractivity contribution < 1.29 is 14.3 Å². The first-order valence-electron chi connectivity index (χ1n) is 8.58. The van der Waals surface area contributed by atoms with E-state index in [0.29, 0.717) is 10.0 Å². The third-order valence-corrected chi connectivity index (χ3v) is 5.92. The number of esters is 1. The summed E-state index contributed by atoms with van der Waals surface area (Å²) in [6, 6.07) is 9.89. The van der Waals surface area contributed by atoms with E-state index in [4.69, 9.17) is 4.74 Å². The number of carbonyl (C=O) groups is 2. The molecule has 3 aromatic rings. The third kappa shape index (κ3) is 4.50. The van der Waals surface area contributed by atoms with Crippen molar-refractivity contribution in [2.24, 2.45) is 0 Å². The van der Waals surface area contributed by atoms with Gasteiger partial charge in [-0.05, 0) is 18.9 Å². The summed E-state index contributed by atoms with van der Waals surface area (Å²) in [6.07, 6.45) is 0.952. The fourth-order valence-electron chi connectivity index (χ4n) is 2.45. The van der Waals surface area contributed by atoms with E-state index in [9.17, 15) is 14.9 Å². The normalized spacial score (nSPS) is 11.6. The van der Waals surface area contributed by atoms with Gasteiger partial charge in [-0.25, -0.2) is 14.8 Å². The number of Topliss-reactive ketones (excluding diaryl/α,β-unsaturated/α-hetero) is 1. The number of nitriles is 1. The molecule has 3 rings (SSSR count). The highest BCUT2D eigenvalue weighted by Gasteiger charge is 2.25. The maximum absolute atomic E-state index is 12.3. The van der Waals surface area contributed by atoms with E-state index >= 15 is 0 Å². The van der Waals surface area contributed by atoms with Crippen LogP contribution >= 0.6 is 22.7 Å². The Morgan fingerprint density at radius 2 is 1.93 bits per heavy atom.